The van der Waals surface area contributed by atoms with Gasteiger partial charge < -0.3 is 20.5 Å². The first-order chi connectivity index (χ1) is 12.0. The monoisotopic (exact) mass is 369 g/mol. The first kappa shape index (κ1) is 18.0. The Labute approximate surface area is 147 Å². The molecule has 0 radical (unpaired) electrons. The first-order valence-corrected chi connectivity index (χ1v) is 9.84. The third kappa shape index (κ3) is 3.73. The summed E-state index contributed by atoms with van der Waals surface area (Å²) in [4.78, 5) is 12.3. The van der Waals surface area contributed by atoms with Gasteiger partial charge in [0.2, 0.25) is 15.9 Å². The lowest BCUT2D eigenvalue weighted by Gasteiger charge is -2.32. The van der Waals surface area contributed by atoms with Gasteiger partial charge in [-0.1, -0.05) is 6.07 Å². The summed E-state index contributed by atoms with van der Waals surface area (Å²) in [7, 11) is -3.77. The quantitative estimate of drug-likeness (QED) is 0.752. The summed E-state index contributed by atoms with van der Waals surface area (Å²) in [6, 6.07) is 4.84. The molecule has 3 rings (SSSR count). The van der Waals surface area contributed by atoms with Gasteiger partial charge >= 0.3 is 0 Å². The third-order valence-electron chi connectivity index (χ3n) is 4.35. The highest BCUT2D eigenvalue weighted by Gasteiger charge is 2.36. The Hall–Kier alpha value is -1.84. The van der Waals surface area contributed by atoms with Crippen LogP contribution < -0.4 is 20.5 Å². The van der Waals surface area contributed by atoms with E-state index < -0.39 is 10.0 Å². The number of hydrogen-bond acceptors (Lipinski definition) is 6. The van der Waals surface area contributed by atoms with Gasteiger partial charge in [0.25, 0.3) is 0 Å². The van der Waals surface area contributed by atoms with E-state index >= 15 is 0 Å². The molecule has 1 fully saturated rings. The molecule has 0 saturated carbocycles. The Balaban J connectivity index is 1.82. The number of fused-ring (bicyclic) bond motifs is 1. The molecule has 1 unspecified atom stereocenters. The smallest absolute Gasteiger partial charge is 0.246 e. The number of ether oxygens (including phenoxy) is 2. The summed E-state index contributed by atoms with van der Waals surface area (Å²) in [6.45, 7) is 1.98. The zero-order chi connectivity index (χ0) is 17.9. The van der Waals surface area contributed by atoms with Crippen molar-refractivity contribution in [2.45, 2.75) is 17.7 Å². The van der Waals surface area contributed by atoms with E-state index in [1.165, 1.54) is 10.4 Å². The molecule has 1 amide bonds. The SMILES string of the molecule is NCCNC(=O)C1CCCN(S(=O)(=O)c2cccc3c2OCCO3)C1. The van der Waals surface area contributed by atoms with Crippen molar-refractivity contribution in [3.8, 4) is 11.5 Å². The fourth-order valence-electron chi connectivity index (χ4n) is 3.10. The van der Waals surface area contributed by atoms with Crippen LogP contribution in [0.15, 0.2) is 23.1 Å². The number of nitrogens with two attached hydrogens (primary N) is 1. The second-order valence-electron chi connectivity index (χ2n) is 6.06. The number of hydrogen-bond donors (Lipinski definition) is 2. The zero-order valence-corrected chi connectivity index (χ0v) is 14.8. The Morgan fingerprint density at radius 3 is 2.92 bits per heavy atom. The van der Waals surface area contributed by atoms with Gasteiger partial charge in [0.1, 0.15) is 18.1 Å². The number of rotatable bonds is 5. The zero-order valence-electron chi connectivity index (χ0n) is 13.9. The Morgan fingerprint density at radius 1 is 1.32 bits per heavy atom. The minimum atomic E-state index is -3.77. The average molecular weight is 369 g/mol. The normalized spacial score (nSPS) is 20.9. The van der Waals surface area contributed by atoms with E-state index in [2.05, 4.69) is 5.32 Å². The van der Waals surface area contributed by atoms with Crippen molar-refractivity contribution in [2.24, 2.45) is 11.7 Å². The fourth-order valence-corrected chi connectivity index (χ4v) is 4.77. The van der Waals surface area contributed by atoms with Gasteiger partial charge in [-0.25, -0.2) is 8.42 Å². The molecule has 1 atom stereocenters. The highest BCUT2D eigenvalue weighted by molar-refractivity contribution is 7.89. The summed E-state index contributed by atoms with van der Waals surface area (Å²) in [5.41, 5.74) is 5.40. The van der Waals surface area contributed by atoms with Crippen LogP contribution in [-0.2, 0) is 14.8 Å². The van der Waals surface area contributed by atoms with Crippen LogP contribution in [0.2, 0.25) is 0 Å². The Morgan fingerprint density at radius 2 is 2.12 bits per heavy atom. The van der Waals surface area contributed by atoms with E-state index in [1.807, 2.05) is 0 Å². The molecule has 0 spiro atoms. The van der Waals surface area contributed by atoms with Crippen molar-refractivity contribution in [1.29, 1.82) is 0 Å². The number of para-hydroxylation sites is 1. The standard InChI is InChI=1S/C16H23N3O5S/c17-6-7-18-16(20)12-3-2-8-19(11-12)25(21,22)14-5-1-4-13-15(14)24-10-9-23-13/h1,4-5,12H,2-3,6-11,17H2,(H,18,20). The van der Waals surface area contributed by atoms with Crippen LogP contribution in [0.1, 0.15) is 12.8 Å². The van der Waals surface area contributed by atoms with Gasteiger partial charge in [0.15, 0.2) is 11.5 Å². The van der Waals surface area contributed by atoms with Gasteiger partial charge in [0.05, 0.1) is 5.92 Å². The maximum atomic E-state index is 13.1. The fraction of sp³-hybridized carbons (Fsp3) is 0.562. The number of carbonyl (C=O) groups excluding carboxylic acids is 1. The molecule has 138 valence electrons. The summed E-state index contributed by atoms with van der Waals surface area (Å²) in [5.74, 6) is 0.164. The maximum absolute atomic E-state index is 13.1. The van der Waals surface area contributed by atoms with Crippen molar-refractivity contribution >= 4 is 15.9 Å². The second kappa shape index (κ2) is 7.59. The number of nitrogens with zero attached hydrogens (tertiary/aromatic N) is 1. The van der Waals surface area contributed by atoms with Crippen LogP contribution in [0, 0.1) is 5.92 Å². The Kier molecular flexibility index (Phi) is 5.45. The number of piperidine rings is 1. The van der Waals surface area contributed by atoms with E-state index in [9.17, 15) is 13.2 Å². The van der Waals surface area contributed by atoms with Crippen molar-refractivity contribution < 1.29 is 22.7 Å². The number of amides is 1. The van der Waals surface area contributed by atoms with Crippen LogP contribution in [0.4, 0.5) is 0 Å². The summed E-state index contributed by atoms with van der Waals surface area (Å²) in [6.07, 6.45) is 1.29. The molecule has 3 N–H and O–H groups in total. The van der Waals surface area contributed by atoms with E-state index in [-0.39, 0.29) is 29.0 Å². The van der Waals surface area contributed by atoms with Crippen molar-refractivity contribution in [3.63, 3.8) is 0 Å². The lowest BCUT2D eigenvalue weighted by molar-refractivity contribution is -0.126. The highest BCUT2D eigenvalue weighted by Crippen LogP contribution is 2.38. The Bertz CT molecular complexity index is 737. The number of sulfonamides is 1. The summed E-state index contributed by atoms with van der Waals surface area (Å²) in [5, 5.41) is 2.73. The van der Waals surface area contributed by atoms with Crippen molar-refractivity contribution in [3.05, 3.63) is 18.2 Å². The molecule has 0 bridgehead atoms. The molecular weight excluding hydrogens is 346 g/mol. The van der Waals surface area contributed by atoms with Crippen LogP contribution in [0.25, 0.3) is 0 Å². The highest BCUT2D eigenvalue weighted by atomic mass is 32.2. The molecule has 9 heteroatoms. The van der Waals surface area contributed by atoms with Gasteiger partial charge in [-0.05, 0) is 25.0 Å². The predicted octanol–water partition coefficient (Wildman–Crippen LogP) is -0.0666. The molecule has 1 aromatic rings. The van der Waals surface area contributed by atoms with E-state index in [4.69, 9.17) is 15.2 Å². The third-order valence-corrected chi connectivity index (χ3v) is 6.24. The largest absolute Gasteiger partial charge is 0.486 e. The second-order valence-corrected chi connectivity index (χ2v) is 7.97. The molecule has 1 aromatic carbocycles. The number of carbonyl (C=O) groups is 1. The van der Waals surface area contributed by atoms with Gasteiger partial charge in [-0.15, -0.1) is 0 Å². The van der Waals surface area contributed by atoms with E-state index in [0.29, 0.717) is 51.4 Å². The number of nitrogens with one attached hydrogen (secondary N) is 1. The van der Waals surface area contributed by atoms with Crippen LogP contribution in [-0.4, -0.2) is 58.0 Å². The molecule has 1 saturated heterocycles. The molecular formula is C16H23N3O5S. The molecule has 2 aliphatic rings. The predicted molar refractivity (Wildman–Crippen MR) is 91.0 cm³/mol. The summed E-state index contributed by atoms with van der Waals surface area (Å²) < 4.78 is 38.5. The van der Waals surface area contributed by atoms with E-state index in [1.54, 1.807) is 12.1 Å². The van der Waals surface area contributed by atoms with Crippen molar-refractivity contribution in [2.75, 3.05) is 39.4 Å². The van der Waals surface area contributed by atoms with Crippen molar-refractivity contribution in [1.82, 2.24) is 9.62 Å². The van der Waals surface area contributed by atoms with Crippen LogP contribution in [0.5, 0.6) is 11.5 Å². The average Bonchev–Trinajstić information content (AvgIpc) is 2.65. The van der Waals surface area contributed by atoms with E-state index in [0.717, 1.165) is 0 Å². The maximum Gasteiger partial charge on any atom is 0.246 e. The van der Waals surface area contributed by atoms with Crippen LogP contribution >= 0.6 is 0 Å². The lowest BCUT2D eigenvalue weighted by Crippen LogP contribution is -2.46. The molecule has 8 nitrogen and oxygen atoms in total. The lowest BCUT2D eigenvalue weighted by atomic mass is 9.99. The van der Waals surface area contributed by atoms with Gasteiger partial charge in [-0.3, -0.25) is 4.79 Å². The molecule has 2 aliphatic heterocycles. The van der Waals surface area contributed by atoms with Crippen LogP contribution in [0.3, 0.4) is 0 Å². The molecule has 2 heterocycles. The molecule has 0 aliphatic carbocycles. The first-order valence-electron chi connectivity index (χ1n) is 8.40. The molecule has 25 heavy (non-hydrogen) atoms. The number of benzene rings is 1. The van der Waals surface area contributed by atoms with Gasteiger partial charge in [-0.2, -0.15) is 4.31 Å². The van der Waals surface area contributed by atoms with Gasteiger partial charge in [0, 0.05) is 26.2 Å². The molecule has 0 aromatic heterocycles. The topological polar surface area (TPSA) is 111 Å². The summed E-state index contributed by atoms with van der Waals surface area (Å²) >= 11 is 0. The minimum Gasteiger partial charge on any atom is -0.486 e. The minimum absolute atomic E-state index is 0.0905.